The smallest absolute Gasteiger partial charge is 0.250 e. The van der Waals surface area contributed by atoms with Gasteiger partial charge in [-0.05, 0) is 23.9 Å². The molecule has 19 heavy (non-hydrogen) atoms. The topological polar surface area (TPSA) is 51.1 Å². The molecule has 1 amide bonds. The van der Waals surface area contributed by atoms with Crippen LogP contribution in [-0.4, -0.2) is 17.0 Å². The molecule has 0 fully saturated rings. The van der Waals surface area contributed by atoms with Crippen LogP contribution in [0.1, 0.15) is 11.3 Å². The van der Waals surface area contributed by atoms with Gasteiger partial charge in [-0.15, -0.1) is 11.3 Å². The van der Waals surface area contributed by atoms with Gasteiger partial charge >= 0.3 is 0 Å². The number of aryl methyl sites for hydroxylation is 1. The molecule has 0 aromatic carbocycles. The van der Waals surface area contributed by atoms with Crippen LogP contribution in [-0.2, 0) is 17.8 Å². The number of rotatable bonds is 6. The number of thiophene rings is 1. The van der Waals surface area contributed by atoms with E-state index in [0.717, 1.165) is 6.42 Å². The van der Waals surface area contributed by atoms with Gasteiger partial charge in [0.15, 0.2) is 0 Å². The van der Waals surface area contributed by atoms with Crippen LogP contribution in [0.5, 0.6) is 0 Å². The average molecular weight is 276 g/mol. The van der Waals surface area contributed by atoms with Crippen LogP contribution in [0.15, 0.2) is 46.7 Å². The molecular weight excluding hydrogens is 260 g/mol. The van der Waals surface area contributed by atoms with E-state index in [1.807, 2.05) is 11.4 Å². The third kappa shape index (κ3) is 4.37. The highest BCUT2D eigenvalue weighted by atomic mass is 32.1. The van der Waals surface area contributed by atoms with E-state index in [-0.39, 0.29) is 11.5 Å². The molecule has 4 nitrogen and oxygen atoms in total. The molecule has 2 rings (SSSR count). The van der Waals surface area contributed by atoms with Crippen LogP contribution in [0.4, 0.5) is 0 Å². The number of hydrogen-bond donors (Lipinski definition) is 1. The van der Waals surface area contributed by atoms with Crippen molar-refractivity contribution >= 4 is 17.2 Å². The van der Waals surface area contributed by atoms with Gasteiger partial charge in [-0.25, -0.2) is 0 Å². The number of carbonyl (C=O) groups excluding carboxylic acids is 1. The van der Waals surface area contributed by atoms with Crippen molar-refractivity contribution in [2.24, 2.45) is 0 Å². The monoisotopic (exact) mass is 276 g/mol. The molecule has 1 N–H and O–H groups in total. The lowest BCUT2D eigenvalue weighted by Crippen LogP contribution is -2.28. The third-order valence-corrected chi connectivity index (χ3v) is 3.69. The summed E-state index contributed by atoms with van der Waals surface area (Å²) in [4.78, 5) is 24.3. The van der Waals surface area contributed by atoms with E-state index in [1.54, 1.807) is 34.2 Å². The van der Waals surface area contributed by atoms with Gasteiger partial charge < -0.3 is 9.88 Å². The minimum absolute atomic E-state index is 0.0210. The third-order valence-electron chi connectivity index (χ3n) is 2.75. The lowest BCUT2D eigenvalue weighted by Gasteiger charge is -2.06. The standard InChI is InChI=1S/C14H16N2O2S/c17-13(15-8-6-12-4-3-11-19-12)7-10-16-9-2-1-5-14(16)18/h1-5,9,11H,6-8,10H2,(H,15,17). The molecule has 0 saturated carbocycles. The van der Waals surface area contributed by atoms with Crippen molar-refractivity contribution in [1.29, 1.82) is 0 Å². The van der Waals surface area contributed by atoms with E-state index in [2.05, 4.69) is 11.4 Å². The number of aromatic nitrogens is 1. The SMILES string of the molecule is O=C(CCn1ccccc1=O)NCCc1cccs1. The molecule has 0 aliphatic heterocycles. The van der Waals surface area contributed by atoms with Crippen molar-refractivity contribution in [3.05, 3.63) is 57.1 Å². The van der Waals surface area contributed by atoms with E-state index >= 15 is 0 Å². The fourth-order valence-electron chi connectivity index (χ4n) is 1.74. The number of nitrogens with one attached hydrogen (secondary N) is 1. The van der Waals surface area contributed by atoms with Crippen LogP contribution in [0.3, 0.4) is 0 Å². The van der Waals surface area contributed by atoms with E-state index in [1.165, 1.54) is 10.9 Å². The van der Waals surface area contributed by atoms with E-state index in [0.29, 0.717) is 19.5 Å². The van der Waals surface area contributed by atoms with Crippen LogP contribution >= 0.6 is 11.3 Å². The highest BCUT2D eigenvalue weighted by Gasteiger charge is 2.02. The minimum atomic E-state index is -0.0751. The van der Waals surface area contributed by atoms with Gasteiger partial charge in [0.2, 0.25) is 5.91 Å². The summed E-state index contributed by atoms with van der Waals surface area (Å²) in [5.41, 5.74) is -0.0751. The van der Waals surface area contributed by atoms with Crippen LogP contribution in [0.25, 0.3) is 0 Å². The van der Waals surface area contributed by atoms with Gasteiger partial charge in [-0.3, -0.25) is 9.59 Å². The maximum Gasteiger partial charge on any atom is 0.250 e. The van der Waals surface area contributed by atoms with Gasteiger partial charge in [0.1, 0.15) is 0 Å². The first-order valence-corrected chi connectivity index (χ1v) is 7.08. The number of carbonyl (C=O) groups is 1. The average Bonchev–Trinajstić information content (AvgIpc) is 2.91. The quantitative estimate of drug-likeness (QED) is 0.872. The van der Waals surface area contributed by atoms with Crippen molar-refractivity contribution in [2.75, 3.05) is 6.54 Å². The highest BCUT2D eigenvalue weighted by Crippen LogP contribution is 2.07. The fourth-order valence-corrected chi connectivity index (χ4v) is 2.44. The Bertz CT molecular complexity index is 575. The van der Waals surface area contributed by atoms with Crippen LogP contribution < -0.4 is 10.9 Å². The predicted octanol–water partition coefficient (Wildman–Crippen LogP) is 1.66. The molecule has 2 aromatic heterocycles. The molecule has 0 saturated heterocycles. The Morgan fingerprint density at radius 3 is 2.89 bits per heavy atom. The van der Waals surface area contributed by atoms with Crippen molar-refractivity contribution in [2.45, 2.75) is 19.4 Å². The Hall–Kier alpha value is -1.88. The summed E-state index contributed by atoms with van der Waals surface area (Å²) in [5, 5.41) is 4.89. The van der Waals surface area contributed by atoms with Crippen molar-refractivity contribution in [3.63, 3.8) is 0 Å². The Labute approximate surface area is 115 Å². The van der Waals surface area contributed by atoms with Crippen molar-refractivity contribution in [1.82, 2.24) is 9.88 Å². The summed E-state index contributed by atoms with van der Waals surface area (Å²) in [5.74, 6) is -0.0210. The minimum Gasteiger partial charge on any atom is -0.356 e. The van der Waals surface area contributed by atoms with Crippen molar-refractivity contribution in [3.8, 4) is 0 Å². The molecule has 5 heteroatoms. The van der Waals surface area contributed by atoms with Gasteiger partial charge in [0.05, 0.1) is 0 Å². The van der Waals surface area contributed by atoms with Crippen LogP contribution in [0, 0.1) is 0 Å². The molecule has 0 bridgehead atoms. The Morgan fingerprint density at radius 2 is 2.16 bits per heavy atom. The second-order valence-electron chi connectivity index (χ2n) is 4.16. The lowest BCUT2D eigenvalue weighted by molar-refractivity contribution is -0.121. The Balaban J connectivity index is 1.70. The number of hydrogen-bond acceptors (Lipinski definition) is 3. The maximum atomic E-state index is 11.6. The summed E-state index contributed by atoms with van der Waals surface area (Å²) in [6.45, 7) is 1.06. The molecule has 0 aliphatic carbocycles. The summed E-state index contributed by atoms with van der Waals surface area (Å²) in [7, 11) is 0. The highest BCUT2D eigenvalue weighted by molar-refractivity contribution is 7.09. The zero-order valence-corrected chi connectivity index (χ0v) is 11.4. The number of nitrogens with zero attached hydrogens (tertiary/aromatic N) is 1. The normalized spacial score (nSPS) is 10.3. The van der Waals surface area contributed by atoms with Gasteiger partial charge in [0, 0.05) is 36.7 Å². The zero-order valence-electron chi connectivity index (χ0n) is 10.5. The number of pyridine rings is 1. The molecule has 100 valence electrons. The largest absolute Gasteiger partial charge is 0.356 e. The molecule has 0 atom stereocenters. The summed E-state index contributed by atoms with van der Waals surface area (Å²) < 4.78 is 1.54. The summed E-state index contributed by atoms with van der Waals surface area (Å²) >= 11 is 1.69. The first kappa shape index (κ1) is 13.5. The molecule has 0 spiro atoms. The lowest BCUT2D eigenvalue weighted by atomic mass is 10.3. The molecular formula is C14H16N2O2S. The van der Waals surface area contributed by atoms with E-state index in [9.17, 15) is 9.59 Å². The summed E-state index contributed by atoms with van der Waals surface area (Å²) in [6, 6.07) is 9.04. The maximum absolute atomic E-state index is 11.6. The van der Waals surface area contributed by atoms with Gasteiger partial charge in [0.25, 0.3) is 5.56 Å². The fraction of sp³-hybridized carbons (Fsp3) is 0.286. The molecule has 0 aliphatic rings. The first-order valence-electron chi connectivity index (χ1n) is 6.20. The first-order chi connectivity index (χ1) is 9.25. The molecule has 2 heterocycles. The van der Waals surface area contributed by atoms with Crippen LogP contribution in [0.2, 0.25) is 0 Å². The Morgan fingerprint density at radius 1 is 1.26 bits per heavy atom. The molecule has 2 aromatic rings. The molecule has 0 unspecified atom stereocenters. The zero-order chi connectivity index (χ0) is 13.5. The van der Waals surface area contributed by atoms with E-state index in [4.69, 9.17) is 0 Å². The Kier molecular flexibility index (Phi) is 4.92. The summed E-state index contributed by atoms with van der Waals surface area (Å²) in [6.07, 6.45) is 2.88. The number of amides is 1. The predicted molar refractivity (Wildman–Crippen MR) is 76.4 cm³/mol. The van der Waals surface area contributed by atoms with Gasteiger partial charge in [-0.2, -0.15) is 0 Å². The van der Waals surface area contributed by atoms with E-state index < -0.39 is 0 Å². The molecule has 0 radical (unpaired) electrons. The second kappa shape index (κ2) is 6.89. The second-order valence-corrected chi connectivity index (χ2v) is 5.19. The van der Waals surface area contributed by atoms with Crippen molar-refractivity contribution < 1.29 is 4.79 Å². The van der Waals surface area contributed by atoms with Gasteiger partial charge in [-0.1, -0.05) is 12.1 Å².